The van der Waals surface area contributed by atoms with Gasteiger partial charge < -0.3 is 39.0 Å². The minimum Gasteiger partial charge on any atom is -0.479 e. The highest BCUT2D eigenvalue weighted by Gasteiger charge is 2.50. The zero-order chi connectivity index (χ0) is 57.5. The van der Waals surface area contributed by atoms with Gasteiger partial charge in [-0.25, -0.2) is 4.79 Å². The maximum atomic E-state index is 13.1. The van der Waals surface area contributed by atoms with Gasteiger partial charge in [-0.15, -0.1) is 0 Å². The minimum atomic E-state index is -1.91. The van der Waals surface area contributed by atoms with Gasteiger partial charge in [0.05, 0.1) is 6.61 Å². The lowest BCUT2D eigenvalue weighted by Gasteiger charge is -2.40. The Balaban J connectivity index is 2.65. The minimum absolute atomic E-state index is 0.0508. The van der Waals surface area contributed by atoms with Gasteiger partial charge in [0.1, 0.15) is 18.8 Å². The van der Waals surface area contributed by atoms with Crippen LogP contribution in [-0.4, -0.2) is 89.2 Å². The van der Waals surface area contributed by atoms with E-state index in [9.17, 15) is 34.5 Å². The van der Waals surface area contributed by atoms with Crippen molar-refractivity contribution in [2.75, 3.05) is 13.2 Å². The van der Waals surface area contributed by atoms with Crippen molar-refractivity contribution in [3.8, 4) is 0 Å². The number of carbonyl (C=O) groups excluding carboxylic acids is 3. The van der Waals surface area contributed by atoms with Gasteiger partial charge in [-0.1, -0.05) is 234 Å². The van der Waals surface area contributed by atoms with E-state index >= 15 is 0 Å². The van der Waals surface area contributed by atoms with Crippen molar-refractivity contribution in [3.05, 3.63) is 85.1 Å². The number of hydrogen-bond acceptors (Lipinski definition) is 11. The summed E-state index contributed by atoms with van der Waals surface area (Å²) < 4.78 is 28.4. The molecule has 0 amide bonds. The molecule has 0 aliphatic carbocycles. The number of esters is 3. The Hall–Kier alpha value is -4.10. The van der Waals surface area contributed by atoms with Crippen molar-refractivity contribution in [1.29, 1.82) is 0 Å². The predicted octanol–water partition coefficient (Wildman–Crippen LogP) is 16.7. The fraction of sp³-hybridized carbons (Fsp3) is 0.731. The highest BCUT2D eigenvalue weighted by atomic mass is 16.7. The van der Waals surface area contributed by atoms with Crippen LogP contribution in [0.15, 0.2) is 85.1 Å². The van der Waals surface area contributed by atoms with Crippen LogP contribution in [0, 0.1) is 0 Å². The number of carboxylic acids is 1. The summed E-state index contributed by atoms with van der Waals surface area (Å²) in [5.41, 5.74) is 0. The van der Waals surface area contributed by atoms with Crippen LogP contribution in [0.4, 0.5) is 0 Å². The van der Waals surface area contributed by atoms with E-state index < -0.39 is 67.3 Å². The number of rotatable bonds is 53. The molecule has 1 saturated heterocycles. The largest absolute Gasteiger partial charge is 0.479 e. The number of ether oxygens (including phenoxy) is 5. The first-order valence-corrected chi connectivity index (χ1v) is 31.6. The molecule has 1 rings (SSSR count). The van der Waals surface area contributed by atoms with E-state index in [4.69, 9.17) is 23.7 Å². The molecule has 1 aliphatic heterocycles. The Morgan fingerprint density at radius 2 is 0.797 bits per heavy atom. The number of aliphatic hydroxyl groups excluding tert-OH is 2. The summed E-state index contributed by atoms with van der Waals surface area (Å²) in [6, 6.07) is 0. The second kappa shape index (κ2) is 54.5. The van der Waals surface area contributed by atoms with Crippen molar-refractivity contribution >= 4 is 23.9 Å². The van der Waals surface area contributed by atoms with Crippen LogP contribution >= 0.6 is 0 Å². The van der Waals surface area contributed by atoms with Gasteiger partial charge in [0.15, 0.2) is 24.6 Å². The van der Waals surface area contributed by atoms with Crippen molar-refractivity contribution in [1.82, 2.24) is 0 Å². The number of allylic oxidation sites excluding steroid dienone is 14. The molecular weight excluding hydrogens is 997 g/mol. The van der Waals surface area contributed by atoms with Crippen LogP contribution in [-0.2, 0) is 42.9 Å². The first-order chi connectivity index (χ1) is 38.6. The molecular formula is C67H112O12. The van der Waals surface area contributed by atoms with E-state index in [-0.39, 0.29) is 25.9 Å². The van der Waals surface area contributed by atoms with E-state index in [0.717, 1.165) is 109 Å². The Labute approximate surface area is 480 Å². The first kappa shape index (κ1) is 72.9. The number of hydrogen-bond donors (Lipinski definition) is 3. The molecule has 6 unspecified atom stereocenters. The molecule has 79 heavy (non-hydrogen) atoms. The maximum absolute atomic E-state index is 13.1. The second-order valence-electron chi connectivity index (χ2n) is 21.3. The van der Waals surface area contributed by atoms with Crippen molar-refractivity contribution in [2.45, 2.75) is 302 Å². The fourth-order valence-electron chi connectivity index (χ4n) is 9.13. The van der Waals surface area contributed by atoms with Crippen molar-refractivity contribution in [2.24, 2.45) is 0 Å². The summed E-state index contributed by atoms with van der Waals surface area (Å²) in [6.45, 7) is 5.83. The highest BCUT2D eigenvalue weighted by molar-refractivity contribution is 5.74. The molecule has 0 aromatic rings. The molecule has 6 atom stereocenters. The summed E-state index contributed by atoms with van der Waals surface area (Å²) in [5.74, 6) is -3.16. The number of aliphatic carboxylic acids is 1. The van der Waals surface area contributed by atoms with Crippen molar-refractivity contribution in [3.63, 3.8) is 0 Å². The van der Waals surface area contributed by atoms with Gasteiger partial charge in [-0.3, -0.25) is 14.4 Å². The smallest absolute Gasteiger partial charge is 0.335 e. The molecule has 0 radical (unpaired) electrons. The zero-order valence-electron chi connectivity index (χ0n) is 49.8. The van der Waals surface area contributed by atoms with Crippen LogP contribution in [0.5, 0.6) is 0 Å². The molecule has 12 nitrogen and oxygen atoms in total. The van der Waals surface area contributed by atoms with Crippen LogP contribution in [0.25, 0.3) is 0 Å². The molecule has 452 valence electrons. The molecule has 3 N–H and O–H groups in total. The van der Waals surface area contributed by atoms with Crippen LogP contribution in [0.2, 0.25) is 0 Å². The number of aliphatic hydroxyl groups is 2. The molecule has 0 bridgehead atoms. The first-order valence-electron chi connectivity index (χ1n) is 31.6. The van der Waals surface area contributed by atoms with Crippen LogP contribution in [0.3, 0.4) is 0 Å². The Morgan fingerprint density at radius 3 is 1.25 bits per heavy atom. The lowest BCUT2D eigenvalue weighted by atomic mass is 9.98. The van der Waals surface area contributed by atoms with Gasteiger partial charge in [0, 0.05) is 19.3 Å². The molecule has 0 spiro atoms. The van der Waals surface area contributed by atoms with E-state index in [1.54, 1.807) is 0 Å². The maximum Gasteiger partial charge on any atom is 0.335 e. The third-order valence-corrected chi connectivity index (χ3v) is 14.0. The highest BCUT2D eigenvalue weighted by Crippen LogP contribution is 2.26. The second-order valence-corrected chi connectivity index (χ2v) is 21.3. The lowest BCUT2D eigenvalue weighted by Crippen LogP contribution is -2.61. The van der Waals surface area contributed by atoms with E-state index in [2.05, 4.69) is 106 Å². The number of unbranched alkanes of at least 4 members (excludes halogenated alkanes) is 25. The SMILES string of the molecule is CC/C=C\C/C=C\C/C=C\C/C=C\C/C=C\CCCCCC(=O)OCC(COC1OC(C(=O)O)C(O)C(O)C1OC(=O)CCCCCCCCCCC/C=C\C/C=C\CCCCC)OC(=O)CCCCCCCCCCCCC. The van der Waals surface area contributed by atoms with Gasteiger partial charge >= 0.3 is 23.9 Å². The topological polar surface area (TPSA) is 175 Å². The Kier molecular flexibility index (Phi) is 50.3. The Bertz CT molecular complexity index is 1700. The zero-order valence-corrected chi connectivity index (χ0v) is 49.8. The fourth-order valence-corrected chi connectivity index (χ4v) is 9.13. The molecule has 1 fully saturated rings. The van der Waals surface area contributed by atoms with Crippen LogP contribution in [0.1, 0.15) is 265 Å². The summed E-state index contributed by atoms with van der Waals surface area (Å²) in [7, 11) is 0. The Morgan fingerprint density at radius 1 is 0.430 bits per heavy atom. The standard InChI is InChI=1S/C67H112O12/c1-4-7-10-13-16-19-22-24-26-28-30-32-34-36-39-41-44-47-50-53-59(68)75-56-58(77-60(69)54-51-48-45-42-38-21-18-15-12-9-6-3)57-76-67-65(63(72)62(71)64(79-67)66(73)74)78-61(70)55-52-49-46-43-40-37-35-33-31-29-27-25-23-20-17-14-11-8-5-2/h7,10,16-17,19-20,24-27,30,32,36,39,58,62-65,67,71-72H,4-6,8-9,11-15,18,21-23,28-29,31,33-35,37-38,40-57H2,1-3H3,(H,73,74)/b10-7-,19-16-,20-17-,26-24-,27-25-,32-30-,39-36-. The summed E-state index contributed by atoms with van der Waals surface area (Å²) >= 11 is 0. The average Bonchev–Trinajstić information content (AvgIpc) is 3.48. The third kappa shape index (κ3) is 44.3. The van der Waals surface area contributed by atoms with Gasteiger partial charge in [0.25, 0.3) is 0 Å². The summed E-state index contributed by atoms with van der Waals surface area (Å²) in [4.78, 5) is 51.2. The quantitative estimate of drug-likeness (QED) is 0.0228. The van der Waals surface area contributed by atoms with Crippen molar-refractivity contribution < 1.29 is 58.2 Å². The monoisotopic (exact) mass is 1110 g/mol. The molecule has 0 saturated carbocycles. The number of carboxylic acid groups (broad SMARTS) is 1. The van der Waals surface area contributed by atoms with E-state index in [0.29, 0.717) is 19.3 Å². The van der Waals surface area contributed by atoms with Gasteiger partial charge in [-0.05, 0) is 96.3 Å². The van der Waals surface area contributed by atoms with Crippen LogP contribution < -0.4 is 0 Å². The average molecular weight is 1110 g/mol. The van der Waals surface area contributed by atoms with Gasteiger partial charge in [0.2, 0.25) is 0 Å². The molecule has 1 heterocycles. The third-order valence-electron chi connectivity index (χ3n) is 14.0. The number of carbonyl (C=O) groups is 4. The molecule has 12 heteroatoms. The summed E-state index contributed by atoms with van der Waals surface area (Å²) in [6.07, 6.45) is 58.3. The molecule has 1 aliphatic rings. The normalized spacial score (nSPS) is 18.4. The van der Waals surface area contributed by atoms with Gasteiger partial charge in [-0.2, -0.15) is 0 Å². The molecule has 0 aromatic carbocycles. The summed E-state index contributed by atoms with van der Waals surface area (Å²) in [5, 5.41) is 31.5. The molecule has 0 aromatic heterocycles. The lowest BCUT2D eigenvalue weighted by molar-refractivity contribution is -0.301. The van der Waals surface area contributed by atoms with E-state index in [1.807, 2.05) is 0 Å². The predicted molar refractivity (Wildman–Crippen MR) is 321 cm³/mol. The van der Waals surface area contributed by atoms with E-state index in [1.165, 1.54) is 96.3 Å².